The van der Waals surface area contributed by atoms with Crippen molar-refractivity contribution in [2.75, 3.05) is 0 Å². The molecule has 0 N–H and O–H groups in total. The fourth-order valence-corrected chi connectivity index (χ4v) is 0.701. The van der Waals surface area contributed by atoms with E-state index in [-0.39, 0.29) is 0 Å². The molecule has 0 bridgehead atoms. The molecule has 0 aliphatic carbocycles. The standard InChI is InChI=1S/C6H4N2O4/c9-6(10)5-4(8(11)12)2-1-3-7-5/h1-3H,(H,9,10)/p-1. The van der Waals surface area contributed by atoms with E-state index in [1.54, 1.807) is 0 Å². The summed E-state index contributed by atoms with van der Waals surface area (Å²) in [5.41, 5.74) is -1.21. The van der Waals surface area contributed by atoms with Gasteiger partial charge in [0.25, 0.3) is 5.69 Å². The first-order chi connectivity index (χ1) is 5.63. The van der Waals surface area contributed by atoms with Gasteiger partial charge in [-0.3, -0.25) is 10.1 Å². The fraction of sp³-hybridized carbons (Fsp3) is 0. The van der Waals surface area contributed by atoms with Crippen LogP contribution in [0.3, 0.4) is 0 Å². The van der Waals surface area contributed by atoms with Crippen LogP contribution in [0.4, 0.5) is 5.69 Å². The molecule has 0 unspecified atom stereocenters. The van der Waals surface area contributed by atoms with Crippen molar-refractivity contribution in [2.24, 2.45) is 0 Å². The Morgan fingerprint density at radius 2 is 2.25 bits per heavy atom. The number of rotatable bonds is 2. The van der Waals surface area contributed by atoms with Gasteiger partial charge in [0.05, 0.1) is 10.9 Å². The average molecular weight is 167 g/mol. The monoisotopic (exact) mass is 167 g/mol. The Balaban J connectivity index is 3.27. The summed E-state index contributed by atoms with van der Waals surface area (Å²) in [7, 11) is 0. The van der Waals surface area contributed by atoms with Gasteiger partial charge in [0.1, 0.15) is 0 Å². The number of nitrogens with zero attached hydrogens (tertiary/aromatic N) is 2. The summed E-state index contributed by atoms with van der Waals surface area (Å²) in [5, 5.41) is 20.4. The largest absolute Gasteiger partial charge is 0.543 e. The highest BCUT2D eigenvalue weighted by Gasteiger charge is 2.13. The third kappa shape index (κ3) is 1.36. The molecule has 6 nitrogen and oxygen atoms in total. The Labute approximate surface area is 66.6 Å². The first-order valence-electron chi connectivity index (χ1n) is 2.93. The molecule has 0 aliphatic heterocycles. The van der Waals surface area contributed by atoms with Crippen molar-refractivity contribution in [3.8, 4) is 0 Å². The Morgan fingerprint density at radius 3 is 2.67 bits per heavy atom. The number of pyridine rings is 1. The number of aromatic carboxylic acids is 1. The zero-order chi connectivity index (χ0) is 9.14. The van der Waals surface area contributed by atoms with Crippen LogP contribution in [0, 0.1) is 10.1 Å². The van der Waals surface area contributed by atoms with Crippen LogP contribution in [0.15, 0.2) is 18.3 Å². The maximum atomic E-state index is 10.2. The van der Waals surface area contributed by atoms with Crippen molar-refractivity contribution < 1.29 is 14.8 Å². The highest BCUT2D eigenvalue weighted by Crippen LogP contribution is 2.13. The number of carbonyl (C=O) groups excluding carboxylic acids is 1. The lowest BCUT2D eigenvalue weighted by Crippen LogP contribution is -2.24. The zero-order valence-electron chi connectivity index (χ0n) is 5.76. The van der Waals surface area contributed by atoms with Crippen molar-refractivity contribution in [1.82, 2.24) is 4.98 Å². The van der Waals surface area contributed by atoms with Gasteiger partial charge in [-0.2, -0.15) is 0 Å². The Bertz CT molecular complexity index is 303. The summed E-state index contributed by atoms with van der Waals surface area (Å²) in [6, 6.07) is 2.34. The van der Waals surface area contributed by atoms with Crippen LogP contribution < -0.4 is 5.11 Å². The number of nitro groups is 1. The Hall–Kier alpha value is -1.98. The van der Waals surface area contributed by atoms with Gasteiger partial charge in [0.15, 0.2) is 5.69 Å². The molecule has 0 amide bonds. The lowest BCUT2D eigenvalue weighted by Gasteiger charge is -2.00. The molecule has 0 atom stereocenters. The molecule has 1 aromatic rings. The van der Waals surface area contributed by atoms with E-state index in [4.69, 9.17) is 0 Å². The lowest BCUT2D eigenvalue weighted by molar-refractivity contribution is -0.386. The second-order valence-corrected chi connectivity index (χ2v) is 1.92. The van der Waals surface area contributed by atoms with E-state index < -0.39 is 22.3 Å². The molecule has 0 aromatic carbocycles. The van der Waals surface area contributed by atoms with Gasteiger partial charge in [-0.05, 0) is 6.07 Å². The number of aromatic nitrogens is 1. The minimum absolute atomic E-state index is 0.558. The third-order valence-electron chi connectivity index (χ3n) is 1.18. The van der Waals surface area contributed by atoms with Gasteiger partial charge in [0, 0.05) is 12.3 Å². The van der Waals surface area contributed by atoms with Crippen molar-refractivity contribution in [3.63, 3.8) is 0 Å². The highest BCUT2D eigenvalue weighted by molar-refractivity contribution is 5.88. The van der Waals surface area contributed by atoms with Crippen LogP contribution in [0.25, 0.3) is 0 Å². The first kappa shape index (κ1) is 8.12. The number of hydrogen-bond donors (Lipinski definition) is 0. The fourth-order valence-electron chi connectivity index (χ4n) is 0.701. The average Bonchev–Trinajstić information content (AvgIpc) is 2.04. The van der Waals surface area contributed by atoms with Crippen molar-refractivity contribution >= 4 is 11.7 Å². The van der Waals surface area contributed by atoms with Crippen LogP contribution in [0.1, 0.15) is 10.5 Å². The minimum atomic E-state index is -1.65. The molecule has 1 aromatic heterocycles. The number of carboxylic acids is 1. The summed E-state index contributed by atoms with van der Waals surface area (Å²) in [5.74, 6) is -1.65. The first-order valence-corrected chi connectivity index (χ1v) is 2.93. The number of carbonyl (C=O) groups is 1. The SMILES string of the molecule is O=C([O-])c1ncccc1[N+](=O)[O-]. The minimum Gasteiger partial charge on any atom is -0.543 e. The predicted molar refractivity (Wildman–Crippen MR) is 35.2 cm³/mol. The van der Waals surface area contributed by atoms with E-state index in [1.807, 2.05) is 0 Å². The van der Waals surface area contributed by atoms with Crippen molar-refractivity contribution in [2.45, 2.75) is 0 Å². The maximum Gasteiger partial charge on any atom is 0.296 e. The molecule has 1 heterocycles. The van der Waals surface area contributed by atoms with Gasteiger partial charge in [-0.1, -0.05) is 0 Å². The van der Waals surface area contributed by atoms with Gasteiger partial charge in [0.2, 0.25) is 0 Å². The molecule has 62 valence electrons. The van der Waals surface area contributed by atoms with Crippen LogP contribution in [0.5, 0.6) is 0 Å². The second-order valence-electron chi connectivity index (χ2n) is 1.92. The molecule has 1 rings (SSSR count). The topological polar surface area (TPSA) is 96.2 Å². The third-order valence-corrected chi connectivity index (χ3v) is 1.18. The van der Waals surface area contributed by atoms with Gasteiger partial charge in [-0.25, -0.2) is 4.98 Å². The molecule has 0 aliphatic rings. The van der Waals surface area contributed by atoms with Crippen LogP contribution in [-0.2, 0) is 0 Å². The molecular formula is C6H3N2O4-. The molecule has 0 fully saturated rings. The number of carboxylic acid groups (broad SMARTS) is 1. The van der Waals surface area contributed by atoms with Gasteiger partial charge in [-0.15, -0.1) is 0 Å². The summed E-state index contributed by atoms with van der Waals surface area (Å²) in [4.78, 5) is 22.9. The molecule has 12 heavy (non-hydrogen) atoms. The van der Waals surface area contributed by atoms with Gasteiger partial charge < -0.3 is 9.90 Å². The van der Waals surface area contributed by atoms with E-state index in [2.05, 4.69) is 4.98 Å². The summed E-state index contributed by atoms with van der Waals surface area (Å²) >= 11 is 0. The number of hydrogen-bond acceptors (Lipinski definition) is 5. The van der Waals surface area contributed by atoms with E-state index in [9.17, 15) is 20.0 Å². The molecule has 0 spiro atoms. The van der Waals surface area contributed by atoms with E-state index in [0.29, 0.717) is 0 Å². The molecule has 0 radical (unpaired) electrons. The van der Waals surface area contributed by atoms with E-state index in [0.717, 1.165) is 12.3 Å². The molecular weight excluding hydrogens is 164 g/mol. The summed E-state index contributed by atoms with van der Waals surface area (Å²) in [6.45, 7) is 0. The maximum absolute atomic E-state index is 10.2. The second kappa shape index (κ2) is 2.95. The zero-order valence-corrected chi connectivity index (χ0v) is 5.76. The van der Waals surface area contributed by atoms with Crippen molar-refractivity contribution in [3.05, 3.63) is 34.1 Å². The quantitative estimate of drug-likeness (QED) is 0.430. The smallest absolute Gasteiger partial charge is 0.296 e. The van der Waals surface area contributed by atoms with Crippen LogP contribution in [0.2, 0.25) is 0 Å². The summed E-state index contributed by atoms with van der Waals surface area (Å²) in [6.07, 6.45) is 1.15. The Morgan fingerprint density at radius 1 is 1.58 bits per heavy atom. The Kier molecular flexibility index (Phi) is 2.00. The molecule has 0 saturated heterocycles. The van der Waals surface area contributed by atoms with E-state index in [1.165, 1.54) is 6.07 Å². The highest BCUT2D eigenvalue weighted by atomic mass is 16.6. The van der Waals surface area contributed by atoms with Crippen LogP contribution in [-0.4, -0.2) is 15.9 Å². The van der Waals surface area contributed by atoms with Gasteiger partial charge >= 0.3 is 0 Å². The van der Waals surface area contributed by atoms with Crippen LogP contribution >= 0.6 is 0 Å². The predicted octanol–water partition coefficient (Wildman–Crippen LogP) is -0.647. The lowest BCUT2D eigenvalue weighted by atomic mass is 10.3. The van der Waals surface area contributed by atoms with E-state index >= 15 is 0 Å². The molecule has 6 heteroatoms. The summed E-state index contributed by atoms with van der Waals surface area (Å²) < 4.78 is 0. The van der Waals surface area contributed by atoms with Crippen molar-refractivity contribution in [1.29, 1.82) is 0 Å². The normalized spacial score (nSPS) is 9.33. The molecule has 0 saturated carbocycles.